The topological polar surface area (TPSA) is 93.7 Å². The Labute approximate surface area is 175 Å². The standard InChI is InChI=1S/C22H26N4O4/c1-14(2)20-23-12-16(13-24-20)21(27)25-17-10-15(11-18(29-3)19(17)30-4)22(28)26-8-6-5-7-9-26/h5-6,10-14H,7-9H2,1-4H3,(H,25,27). The van der Waals surface area contributed by atoms with Gasteiger partial charge in [0, 0.05) is 37.0 Å². The van der Waals surface area contributed by atoms with E-state index in [9.17, 15) is 9.59 Å². The number of ether oxygens (including phenoxy) is 2. The fourth-order valence-corrected chi connectivity index (χ4v) is 3.14. The van der Waals surface area contributed by atoms with Crippen LogP contribution in [0.5, 0.6) is 11.5 Å². The molecule has 0 aliphatic carbocycles. The lowest BCUT2D eigenvalue weighted by atomic mass is 10.1. The first-order valence-electron chi connectivity index (χ1n) is 9.78. The van der Waals surface area contributed by atoms with E-state index in [1.165, 1.54) is 26.6 Å². The zero-order chi connectivity index (χ0) is 21.7. The van der Waals surface area contributed by atoms with Gasteiger partial charge in [-0.15, -0.1) is 0 Å². The second kappa shape index (κ2) is 9.39. The summed E-state index contributed by atoms with van der Waals surface area (Å²) in [5.41, 5.74) is 1.05. The smallest absolute Gasteiger partial charge is 0.258 e. The van der Waals surface area contributed by atoms with Crippen LogP contribution in [0.15, 0.2) is 36.7 Å². The molecule has 0 unspecified atom stereocenters. The molecule has 2 heterocycles. The highest BCUT2D eigenvalue weighted by Gasteiger charge is 2.22. The van der Waals surface area contributed by atoms with Crippen molar-refractivity contribution in [2.45, 2.75) is 26.2 Å². The summed E-state index contributed by atoms with van der Waals surface area (Å²) >= 11 is 0. The number of aromatic nitrogens is 2. The summed E-state index contributed by atoms with van der Waals surface area (Å²) in [6, 6.07) is 3.22. The third-order valence-electron chi connectivity index (χ3n) is 4.77. The lowest BCUT2D eigenvalue weighted by Crippen LogP contribution is -2.33. The molecule has 0 saturated heterocycles. The van der Waals surface area contributed by atoms with Gasteiger partial charge >= 0.3 is 0 Å². The third-order valence-corrected chi connectivity index (χ3v) is 4.77. The maximum Gasteiger partial charge on any atom is 0.258 e. The Morgan fingerprint density at radius 1 is 1.07 bits per heavy atom. The van der Waals surface area contributed by atoms with Gasteiger partial charge in [0.05, 0.1) is 25.5 Å². The molecule has 2 amide bonds. The van der Waals surface area contributed by atoms with E-state index < -0.39 is 5.91 Å². The van der Waals surface area contributed by atoms with Crippen LogP contribution in [0.25, 0.3) is 0 Å². The van der Waals surface area contributed by atoms with Crippen LogP contribution in [-0.4, -0.2) is 54.0 Å². The van der Waals surface area contributed by atoms with Crippen molar-refractivity contribution in [3.8, 4) is 11.5 Å². The van der Waals surface area contributed by atoms with Crippen molar-refractivity contribution in [2.75, 3.05) is 32.6 Å². The van der Waals surface area contributed by atoms with E-state index in [1.54, 1.807) is 17.0 Å². The minimum absolute atomic E-state index is 0.138. The molecule has 2 aromatic rings. The van der Waals surface area contributed by atoms with E-state index in [0.29, 0.717) is 47.2 Å². The Morgan fingerprint density at radius 2 is 1.80 bits per heavy atom. The minimum atomic E-state index is -0.406. The number of carbonyl (C=O) groups is 2. The van der Waals surface area contributed by atoms with Crippen LogP contribution in [0.3, 0.4) is 0 Å². The maximum absolute atomic E-state index is 12.9. The minimum Gasteiger partial charge on any atom is -0.493 e. The molecule has 1 aliphatic heterocycles. The number of hydrogen-bond donors (Lipinski definition) is 1. The number of methoxy groups -OCH3 is 2. The van der Waals surface area contributed by atoms with Gasteiger partial charge in [-0.3, -0.25) is 9.59 Å². The molecule has 3 rings (SSSR count). The van der Waals surface area contributed by atoms with Gasteiger partial charge in [-0.2, -0.15) is 0 Å². The Hall–Kier alpha value is -3.42. The molecular weight excluding hydrogens is 384 g/mol. The number of nitrogens with one attached hydrogen (secondary N) is 1. The van der Waals surface area contributed by atoms with Crippen molar-refractivity contribution in [1.82, 2.24) is 14.9 Å². The molecule has 1 aromatic heterocycles. The number of anilines is 1. The highest BCUT2D eigenvalue weighted by Crippen LogP contribution is 2.37. The van der Waals surface area contributed by atoms with Crippen molar-refractivity contribution in [2.24, 2.45) is 0 Å². The quantitative estimate of drug-likeness (QED) is 0.735. The SMILES string of the molecule is COc1cc(C(=O)N2CC=CCC2)cc(NC(=O)c2cnc(C(C)C)nc2)c1OC. The zero-order valence-corrected chi connectivity index (χ0v) is 17.6. The van der Waals surface area contributed by atoms with Crippen LogP contribution in [0.2, 0.25) is 0 Å². The average molecular weight is 410 g/mol. The second-order valence-electron chi connectivity index (χ2n) is 7.21. The van der Waals surface area contributed by atoms with Crippen molar-refractivity contribution >= 4 is 17.5 Å². The van der Waals surface area contributed by atoms with Gasteiger partial charge in [0.1, 0.15) is 5.82 Å². The summed E-state index contributed by atoms with van der Waals surface area (Å²) < 4.78 is 10.8. The highest BCUT2D eigenvalue weighted by atomic mass is 16.5. The number of benzene rings is 1. The fraction of sp³-hybridized carbons (Fsp3) is 0.364. The summed E-state index contributed by atoms with van der Waals surface area (Å²) in [6.45, 7) is 5.15. The predicted molar refractivity (Wildman–Crippen MR) is 113 cm³/mol. The van der Waals surface area contributed by atoms with E-state index in [4.69, 9.17) is 9.47 Å². The summed E-state index contributed by atoms with van der Waals surface area (Å²) in [6.07, 6.45) is 7.80. The molecule has 0 saturated carbocycles. The number of rotatable bonds is 6. The molecule has 158 valence electrons. The van der Waals surface area contributed by atoms with E-state index in [0.717, 1.165) is 6.42 Å². The van der Waals surface area contributed by atoms with Crippen molar-refractivity contribution in [3.05, 3.63) is 53.6 Å². The average Bonchev–Trinajstić information content (AvgIpc) is 2.78. The van der Waals surface area contributed by atoms with Gasteiger partial charge in [-0.05, 0) is 18.6 Å². The number of nitrogens with zero attached hydrogens (tertiary/aromatic N) is 3. The Kier molecular flexibility index (Phi) is 6.66. The maximum atomic E-state index is 12.9. The van der Waals surface area contributed by atoms with Crippen LogP contribution in [-0.2, 0) is 0 Å². The first-order chi connectivity index (χ1) is 14.4. The molecule has 8 nitrogen and oxygen atoms in total. The Bertz CT molecular complexity index is 954. The third kappa shape index (κ3) is 4.59. The lowest BCUT2D eigenvalue weighted by Gasteiger charge is -2.24. The largest absolute Gasteiger partial charge is 0.493 e. The Balaban J connectivity index is 1.90. The molecule has 0 bridgehead atoms. The van der Waals surface area contributed by atoms with Crippen LogP contribution in [0, 0.1) is 0 Å². The van der Waals surface area contributed by atoms with E-state index >= 15 is 0 Å². The molecular formula is C22H26N4O4. The molecule has 1 aromatic carbocycles. The van der Waals surface area contributed by atoms with Gasteiger partial charge in [-0.25, -0.2) is 9.97 Å². The van der Waals surface area contributed by atoms with Gasteiger partial charge in [0.25, 0.3) is 11.8 Å². The van der Waals surface area contributed by atoms with Crippen LogP contribution in [0.1, 0.15) is 52.7 Å². The van der Waals surface area contributed by atoms with Crippen molar-refractivity contribution < 1.29 is 19.1 Å². The van der Waals surface area contributed by atoms with Crippen LogP contribution >= 0.6 is 0 Å². The molecule has 0 fully saturated rings. The fourth-order valence-electron chi connectivity index (χ4n) is 3.14. The monoisotopic (exact) mass is 410 g/mol. The van der Waals surface area contributed by atoms with E-state index in [-0.39, 0.29) is 11.8 Å². The van der Waals surface area contributed by atoms with Crippen molar-refractivity contribution in [3.63, 3.8) is 0 Å². The molecule has 1 N–H and O–H groups in total. The van der Waals surface area contributed by atoms with Gasteiger partial charge in [0.2, 0.25) is 0 Å². The van der Waals surface area contributed by atoms with Crippen LogP contribution in [0.4, 0.5) is 5.69 Å². The first kappa shape index (κ1) is 21.3. The number of carbonyl (C=O) groups excluding carboxylic acids is 2. The molecule has 0 radical (unpaired) electrons. The van der Waals surface area contributed by atoms with Gasteiger partial charge in [0.15, 0.2) is 11.5 Å². The summed E-state index contributed by atoms with van der Waals surface area (Å²) in [7, 11) is 2.96. The van der Waals surface area contributed by atoms with E-state index in [2.05, 4.69) is 21.4 Å². The number of hydrogen-bond acceptors (Lipinski definition) is 6. The lowest BCUT2D eigenvalue weighted by molar-refractivity contribution is 0.0770. The molecule has 0 atom stereocenters. The van der Waals surface area contributed by atoms with Crippen molar-refractivity contribution in [1.29, 1.82) is 0 Å². The molecule has 8 heteroatoms. The van der Waals surface area contributed by atoms with Gasteiger partial charge < -0.3 is 19.7 Å². The van der Waals surface area contributed by atoms with E-state index in [1.807, 2.05) is 19.9 Å². The highest BCUT2D eigenvalue weighted by molar-refractivity contribution is 6.06. The van der Waals surface area contributed by atoms with Gasteiger partial charge in [-0.1, -0.05) is 26.0 Å². The normalized spacial score (nSPS) is 13.3. The summed E-state index contributed by atoms with van der Waals surface area (Å²) in [5.74, 6) is 0.975. The van der Waals surface area contributed by atoms with Crippen LogP contribution < -0.4 is 14.8 Å². The predicted octanol–water partition coefficient (Wildman–Crippen LogP) is 3.27. The summed E-state index contributed by atoms with van der Waals surface area (Å²) in [5, 5.41) is 2.79. The second-order valence-corrected chi connectivity index (χ2v) is 7.21. The zero-order valence-electron chi connectivity index (χ0n) is 17.6. The Morgan fingerprint density at radius 3 is 2.37 bits per heavy atom. The summed E-state index contributed by atoms with van der Waals surface area (Å²) in [4.78, 5) is 35.9. The first-order valence-corrected chi connectivity index (χ1v) is 9.78. The number of amides is 2. The molecule has 30 heavy (non-hydrogen) atoms. The molecule has 1 aliphatic rings. The molecule has 0 spiro atoms.